The second-order valence-electron chi connectivity index (χ2n) is 5.30. The second kappa shape index (κ2) is 7.35. The number of rotatable bonds is 5. The van der Waals surface area contributed by atoms with Crippen molar-refractivity contribution in [1.82, 2.24) is 0 Å². The average Bonchev–Trinajstić information content (AvgIpc) is 2.60. The summed E-state index contributed by atoms with van der Waals surface area (Å²) in [6.07, 6.45) is 1.09. The van der Waals surface area contributed by atoms with Gasteiger partial charge in [-0.2, -0.15) is 0 Å². The quantitative estimate of drug-likeness (QED) is 0.823. The minimum atomic E-state index is -3.41. The van der Waals surface area contributed by atoms with Gasteiger partial charge in [0.2, 0.25) is 10.0 Å². The summed E-state index contributed by atoms with van der Waals surface area (Å²) in [4.78, 5) is 23.7. The summed E-state index contributed by atoms with van der Waals surface area (Å²) in [5, 5.41) is 2.69. The third kappa shape index (κ3) is 4.57. The number of sulfonamides is 1. The molecule has 25 heavy (non-hydrogen) atoms. The van der Waals surface area contributed by atoms with Gasteiger partial charge in [-0.25, -0.2) is 13.2 Å². The van der Waals surface area contributed by atoms with Crippen molar-refractivity contribution in [1.29, 1.82) is 0 Å². The summed E-state index contributed by atoms with van der Waals surface area (Å²) >= 11 is 0. The van der Waals surface area contributed by atoms with Crippen molar-refractivity contribution in [3.63, 3.8) is 0 Å². The number of hydrogen-bond donors (Lipinski definition) is 1. The van der Waals surface area contributed by atoms with Gasteiger partial charge < -0.3 is 10.1 Å². The lowest BCUT2D eigenvalue weighted by Gasteiger charge is -2.17. The molecule has 0 aliphatic carbocycles. The van der Waals surface area contributed by atoms with E-state index in [0.717, 1.165) is 10.6 Å². The number of methoxy groups -OCH3 is 1. The molecule has 1 N–H and O–H groups in total. The number of anilines is 2. The van der Waals surface area contributed by atoms with E-state index in [1.54, 1.807) is 30.3 Å². The molecule has 2 rings (SSSR count). The number of benzene rings is 2. The number of nitrogens with one attached hydrogen (secondary N) is 1. The fraction of sp³-hybridized carbons (Fsp3) is 0.176. The first-order valence-corrected chi connectivity index (χ1v) is 9.11. The highest BCUT2D eigenvalue weighted by Crippen LogP contribution is 2.18. The number of nitrogens with zero attached hydrogens (tertiary/aromatic N) is 1. The zero-order valence-corrected chi connectivity index (χ0v) is 14.8. The number of ether oxygens (including phenoxy) is 1. The maximum absolute atomic E-state index is 12.3. The zero-order chi connectivity index (χ0) is 18.6. The van der Waals surface area contributed by atoms with Crippen LogP contribution < -0.4 is 9.62 Å². The molecule has 0 aliphatic rings. The summed E-state index contributed by atoms with van der Waals surface area (Å²) in [6.45, 7) is 0. The van der Waals surface area contributed by atoms with Gasteiger partial charge in [0.05, 0.1) is 24.6 Å². The summed E-state index contributed by atoms with van der Waals surface area (Å²) in [5.74, 6) is -0.857. The van der Waals surface area contributed by atoms with Gasteiger partial charge in [0.1, 0.15) is 0 Å². The molecule has 8 heteroatoms. The van der Waals surface area contributed by atoms with Crippen LogP contribution in [0, 0.1) is 0 Å². The van der Waals surface area contributed by atoms with Crippen LogP contribution in [0.1, 0.15) is 20.7 Å². The Labute approximate surface area is 146 Å². The fourth-order valence-corrected chi connectivity index (χ4v) is 2.54. The number of hydrogen-bond acceptors (Lipinski definition) is 5. The van der Waals surface area contributed by atoms with Crippen LogP contribution in [-0.4, -0.2) is 40.7 Å². The van der Waals surface area contributed by atoms with Crippen molar-refractivity contribution >= 4 is 33.3 Å². The lowest BCUT2D eigenvalue weighted by molar-refractivity contribution is 0.0600. The Bertz CT molecular complexity index is 892. The third-order valence-electron chi connectivity index (χ3n) is 3.53. The number of carbonyl (C=O) groups is 2. The highest BCUT2D eigenvalue weighted by Gasteiger charge is 2.14. The van der Waals surface area contributed by atoms with Gasteiger partial charge in [-0.15, -0.1) is 0 Å². The Morgan fingerprint density at radius 3 is 2.24 bits per heavy atom. The molecule has 2 aromatic rings. The van der Waals surface area contributed by atoms with Gasteiger partial charge in [-0.3, -0.25) is 9.10 Å². The lowest BCUT2D eigenvalue weighted by Crippen LogP contribution is -2.25. The fourth-order valence-electron chi connectivity index (χ4n) is 2.05. The molecule has 0 fully saturated rings. The monoisotopic (exact) mass is 362 g/mol. The number of esters is 1. The van der Waals surface area contributed by atoms with Gasteiger partial charge in [-0.05, 0) is 42.5 Å². The molecule has 0 spiro atoms. The van der Waals surface area contributed by atoms with Gasteiger partial charge >= 0.3 is 5.97 Å². The van der Waals surface area contributed by atoms with Crippen LogP contribution in [0.15, 0.2) is 48.5 Å². The summed E-state index contributed by atoms with van der Waals surface area (Å²) in [5.41, 5.74) is 1.57. The van der Waals surface area contributed by atoms with Crippen molar-refractivity contribution in [2.75, 3.05) is 30.0 Å². The van der Waals surface area contributed by atoms with Crippen molar-refractivity contribution < 1.29 is 22.7 Å². The van der Waals surface area contributed by atoms with Crippen LogP contribution in [0.3, 0.4) is 0 Å². The van der Waals surface area contributed by atoms with Crippen LogP contribution in [0.25, 0.3) is 0 Å². The molecular formula is C17H18N2O5S. The molecule has 7 nitrogen and oxygen atoms in total. The van der Waals surface area contributed by atoms with Crippen LogP contribution in [0.5, 0.6) is 0 Å². The maximum Gasteiger partial charge on any atom is 0.337 e. The topological polar surface area (TPSA) is 92.8 Å². The van der Waals surface area contributed by atoms with E-state index in [4.69, 9.17) is 0 Å². The van der Waals surface area contributed by atoms with E-state index in [1.807, 2.05) is 0 Å². The van der Waals surface area contributed by atoms with E-state index in [-0.39, 0.29) is 0 Å². The largest absolute Gasteiger partial charge is 0.465 e. The minimum absolute atomic E-state index is 0.310. The Kier molecular flexibility index (Phi) is 5.43. The Morgan fingerprint density at radius 1 is 1.04 bits per heavy atom. The first-order valence-electron chi connectivity index (χ1n) is 7.26. The molecule has 0 unspecified atom stereocenters. The van der Waals surface area contributed by atoms with E-state index in [1.165, 1.54) is 32.4 Å². The van der Waals surface area contributed by atoms with Crippen LogP contribution in [0.2, 0.25) is 0 Å². The highest BCUT2D eigenvalue weighted by molar-refractivity contribution is 7.92. The smallest absolute Gasteiger partial charge is 0.337 e. The van der Waals surface area contributed by atoms with Gasteiger partial charge in [0.15, 0.2) is 0 Å². The predicted molar refractivity (Wildman–Crippen MR) is 95.4 cm³/mol. The first kappa shape index (κ1) is 18.5. The summed E-state index contributed by atoms with van der Waals surface area (Å²) in [7, 11) is -0.710. The lowest BCUT2D eigenvalue weighted by atomic mass is 10.1. The normalized spacial score (nSPS) is 10.8. The Balaban J connectivity index is 2.17. The SMILES string of the molecule is COC(=O)c1ccc(NC(=O)c2cccc(N(C)S(C)(=O)=O)c2)cc1. The molecule has 0 radical (unpaired) electrons. The van der Waals surface area contributed by atoms with Crippen molar-refractivity contribution in [3.8, 4) is 0 Å². The third-order valence-corrected chi connectivity index (χ3v) is 4.74. The van der Waals surface area contributed by atoms with Crippen molar-refractivity contribution in [2.24, 2.45) is 0 Å². The molecule has 0 atom stereocenters. The van der Waals surface area contributed by atoms with Gasteiger partial charge in [0.25, 0.3) is 5.91 Å². The van der Waals surface area contributed by atoms with E-state index in [0.29, 0.717) is 22.5 Å². The molecule has 0 aromatic heterocycles. The van der Waals surface area contributed by atoms with E-state index in [2.05, 4.69) is 10.1 Å². The van der Waals surface area contributed by atoms with E-state index in [9.17, 15) is 18.0 Å². The molecule has 0 aliphatic heterocycles. The molecule has 0 saturated heterocycles. The number of carbonyl (C=O) groups excluding carboxylic acids is 2. The van der Waals surface area contributed by atoms with Gasteiger partial charge in [-0.1, -0.05) is 6.07 Å². The number of amides is 1. The predicted octanol–water partition coefficient (Wildman–Crippen LogP) is 2.12. The highest BCUT2D eigenvalue weighted by atomic mass is 32.2. The molecule has 132 valence electrons. The van der Waals surface area contributed by atoms with Gasteiger partial charge in [0, 0.05) is 18.3 Å². The van der Waals surface area contributed by atoms with Crippen LogP contribution >= 0.6 is 0 Å². The molecule has 0 saturated carbocycles. The van der Waals surface area contributed by atoms with Crippen LogP contribution in [-0.2, 0) is 14.8 Å². The maximum atomic E-state index is 12.3. The van der Waals surface area contributed by atoms with Crippen molar-refractivity contribution in [3.05, 3.63) is 59.7 Å². The Hall–Kier alpha value is -2.87. The van der Waals surface area contributed by atoms with Crippen LogP contribution in [0.4, 0.5) is 11.4 Å². The summed E-state index contributed by atoms with van der Waals surface area (Å²) in [6, 6.07) is 12.5. The second-order valence-corrected chi connectivity index (χ2v) is 7.32. The molecule has 0 bridgehead atoms. The molecule has 2 aromatic carbocycles. The summed E-state index contributed by atoms with van der Waals surface area (Å²) < 4.78 is 28.9. The van der Waals surface area contributed by atoms with E-state index < -0.39 is 21.9 Å². The first-order chi connectivity index (χ1) is 11.7. The Morgan fingerprint density at radius 2 is 1.68 bits per heavy atom. The van der Waals surface area contributed by atoms with E-state index >= 15 is 0 Å². The van der Waals surface area contributed by atoms with Crippen molar-refractivity contribution in [2.45, 2.75) is 0 Å². The zero-order valence-electron chi connectivity index (χ0n) is 14.0. The standard InChI is InChI=1S/C17H18N2O5S/c1-19(25(3,22)23)15-6-4-5-13(11-15)16(20)18-14-9-7-12(8-10-14)17(21)24-2/h4-11H,1-3H3,(H,18,20). The molecular weight excluding hydrogens is 344 g/mol. The molecule has 1 amide bonds. The minimum Gasteiger partial charge on any atom is -0.465 e. The average molecular weight is 362 g/mol. The molecule has 0 heterocycles.